The van der Waals surface area contributed by atoms with E-state index in [0.717, 1.165) is 50.4 Å². The summed E-state index contributed by atoms with van der Waals surface area (Å²) in [5, 5.41) is 2.22. The van der Waals surface area contributed by atoms with Gasteiger partial charge in [0.2, 0.25) is 0 Å². The van der Waals surface area contributed by atoms with Crippen LogP contribution in [0.3, 0.4) is 0 Å². The summed E-state index contributed by atoms with van der Waals surface area (Å²) in [6, 6.07) is 69.9. The largest absolute Gasteiger partial charge is 0.456 e. The second kappa shape index (κ2) is 14.5. The van der Waals surface area contributed by atoms with Crippen molar-refractivity contribution in [2.75, 3.05) is 9.80 Å². The summed E-state index contributed by atoms with van der Waals surface area (Å²) in [4.78, 5) is 4.72. The second-order valence-corrected chi connectivity index (χ2v) is 17.3. The quantitative estimate of drug-likeness (QED) is 0.154. The van der Waals surface area contributed by atoms with Crippen LogP contribution in [0.4, 0.5) is 34.1 Å². The van der Waals surface area contributed by atoms with Gasteiger partial charge in [-0.05, 0) is 136 Å². The van der Waals surface area contributed by atoms with E-state index in [0.29, 0.717) is 0 Å². The van der Waals surface area contributed by atoms with Crippen LogP contribution in [0.2, 0.25) is 0 Å². The lowest BCUT2D eigenvalue weighted by Crippen LogP contribution is -2.34. The highest BCUT2D eigenvalue weighted by molar-refractivity contribution is 6.13. The SMILES string of the molecule is CC1(C)CCC(C)(C)c2cc(N(c3ccccc3)c3ccc(-c4ccc(-c5ccc(N(c6ccccc6)c6cccc7oc8ccccc8c67)cc5)cc4)cc3)ccc21. The zero-order chi connectivity index (χ0) is 40.1. The monoisotopic (exact) mass is 764 g/mol. The van der Waals surface area contributed by atoms with Gasteiger partial charge < -0.3 is 14.2 Å². The minimum Gasteiger partial charge on any atom is -0.456 e. The Morgan fingerprint density at radius 1 is 0.373 bits per heavy atom. The molecule has 3 heteroatoms. The molecule has 10 rings (SSSR count). The maximum atomic E-state index is 6.29. The fraction of sp³-hybridized carbons (Fsp3) is 0.143. The minimum atomic E-state index is 0.134. The Bertz CT molecular complexity index is 2910. The van der Waals surface area contributed by atoms with Crippen LogP contribution in [0, 0.1) is 0 Å². The Morgan fingerprint density at radius 3 is 1.41 bits per heavy atom. The van der Waals surface area contributed by atoms with Crippen molar-refractivity contribution in [3.8, 4) is 22.3 Å². The molecule has 0 spiro atoms. The van der Waals surface area contributed by atoms with Gasteiger partial charge in [0, 0.05) is 33.8 Å². The molecule has 1 aliphatic carbocycles. The molecule has 1 aliphatic rings. The molecule has 9 aromatic rings. The van der Waals surface area contributed by atoms with Crippen molar-refractivity contribution in [2.24, 2.45) is 0 Å². The van der Waals surface area contributed by atoms with Gasteiger partial charge in [0.15, 0.2) is 0 Å². The smallest absolute Gasteiger partial charge is 0.137 e. The molecule has 0 saturated carbocycles. The van der Waals surface area contributed by atoms with Crippen LogP contribution >= 0.6 is 0 Å². The number of hydrogen-bond donors (Lipinski definition) is 0. The number of para-hydroxylation sites is 3. The van der Waals surface area contributed by atoms with Crippen molar-refractivity contribution in [3.63, 3.8) is 0 Å². The summed E-state index contributed by atoms with van der Waals surface area (Å²) in [7, 11) is 0. The molecule has 0 saturated heterocycles. The summed E-state index contributed by atoms with van der Waals surface area (Å²) >= 11 is 0. The first-order chi connectivity index (χ1) is 28.7. The van der Waals surface area contributed by atoms with Gasteiger partial charge in [-0.1, -0.05) is 143 Å². The maximum Gasteiger partial charge on any atom is 0.137 e. The molecule has 0 fully saturated rings. The van der Waals surface area contributed by atoms with Crippen LogP contribution in [0.25, 0.3) is 44.2 Å². The Labute approximate surface area is 347 Å². The fourth-order valence-corrected chi connectivity index (χ4v) is 9.15. The number of hydrogen-bond acceptors (Lipinski definition) is 3. The van der Waals surface area contributed by atoms with Gasteiger partial charge in [-0.25, -0.2) is 0 Å². The van der Waals surface area contributed by atoms with Gasteiger partial charge in [0.1, 0.15) is 11.2 Å². The lowest BCUT2D eigenvalue weighted by Gasteiger charge is -2.42. The lowest BCUT2D eigenvalue weighted by molar-refractivity contribution is 0.332. The van der Waals surface area contributed by atoms with E-state index in [4.69, 9.17) is 4.42 Å². The Morgan fingerprint density at radius 2 is 0.814 bits per heavy atom. The second-order valence-electron chi connectivity index (χ2n) is 17.3. The first-order valence-corrected chi connectivity index (χ1v) is 20.8. The third kappa shape index (κ3) is 6.67. The predicted octanol–water partition coefficient (Wildman–Crippen LogP) is 16.2. The topological polar surface area (TPSA) is 19.6 Å². The van der Waals surface area contributed by atoms with Crippen molar-refractivity contribution in [2.45, 2.75) is 51.4 Å². The van der Waals surface area contributed by atoms with E-state index < -0.39 is 0 Å². The number of benzene rings is 8. The summed E-state index contributed by atoms with van der Waals surface area (Å²) in [5.41, 5.74) is 16.5. The van der Waals surface area contributed by atoms with Crippen molar-refractivity contribution in [1.29, 1.82) is 0 Å². The van der Waals surface area contributed by atoms with Crippen LogP contribution in [-0.4, -0.2) is 0 Å². The predicted molar refractivity (Wildman–Crippen MR) is 249 cm³/mol. The van der Waals surface area contributed by atoms with Crippen molar-refractivity contribution >= 4 is 56.1 Å². The van der Waals surface area contributed by atoms with E-state index >= 15 is 0 Å². The molecule has 1 aromatic heterocycles. The Hall–Kier alpha value is -6.84. The van der Waals surface area contributed by atoms with Crippen molar-refractivity contribution < 1.29 is 4.42 Å². The van der Waals surface area contributed by atoms with Gasteiger partial charge >= 0.3 is 0 Å². The number of rotatable bonds is 8. The molecule has 1 heterocycles. The summed E-state index contributed by atoms with van der Waals surface area (Å²) in [5.74, 6) is 0. The van der Waals surface area contributed by atoms with Gasteiger partial charge in [-0.15, -0.1) is 0 Å². The van der Waals surface area contributed by atoms with Gasteiger partial charge in [0.05, 0.1) is 11.1 Å². The van der Waals surface area contributed by atoms with Crippen LogP contribution in [0.1, 0.15) is 51.7 Å². The molecule has 3 nitrogen and oxygen atoms in total. The molecular weight excluding hydrogens is 717 g/mol. The molecule has 0 bridgehead atoms. The maximum absolute atomic E-state index is 6.29. The molecule has 288 valence electrons. The van der Waals surface area contributed by atoms with E-state index in [1.807, 2.05) is 12.1 Å². The third-order valence-corrected chi connectivity index (χ3v) is 12.5. The number of anilines is 6. The third-order valence-electron chi connectivity index (χ3n) is 12.5. The van der Waals surface area contributed by atoms with E-state index in [-0.39, 0.29) is 10.8 Å². The molecule has 0 atom stereocenters. The van der Waals surface area contributed by atoms with Crippen molar-refractivity contribution in [1.82, 2.24) is 0 Å². The average molecular weight is 765 g/mol. The number of furan rings is 1. The summed E-state index contributed by atoms with van der Waals surface area (Å²) in [6.45, 7) is 9.59. The molecular formula is C56H48N2O. The zero-order valence-corrected chi connectivity index (χ0v) is 34.2. The zero-order valence-electron chi connectivity index (χ0n) is 34.2. The Balaban J connectivity index is 0.939. The highest BCUT2D eigenvalue weighted by Gasteiger charge is 2.37. The van der Waals surface area contributed by atoms with E-state index in [2.05, 4.69) is 219 Å². The fourth-order valence-electron chi connectivity index (χ4n) is 9.15. The van der Waals surface area contributed by atoms with Gasteiger partial charge in [-0.2, -0.15) is 0 Å². The van der Waals surface area contributed by atoms with Crippen LogP contribution in [-0.2, 0) is 10.8 Å². The van der Waals surface area contributed by atoms with Crippen molar-refractivity contribution in [3.05, 3.63) is 205 Å². The molecule has 0 N–H and O–H groups in total. The average Bonchev–Trinajstić information content (AvgIpc) is 3.67. The first-order valence-electron chi connectivity index (χ1n) is 20.8. The summed E-state index contributed by atoms with van der Waals surface area (Å²) in [6.07, 6.45) is 2.40. The highest BCUT2D eigenvalue weighted by atomic mass is 16.3. The van der Waals surface area contributed by atoms with Crippen LogP contribution in [0.15, 0.2) is 199 Å². The molecule has 8 aromatic carbocycles. The summed E-state index contributed by atoms with van der Waals surface area (Å²) < 4.78 is 6.29. The van der Waals surface area contributed by atoms with E-state index in [9.17, 15) is 0 Å². The molecule has 0 radical (unpaired) electrons. The van der Waals surface area contributed by atoms with Crippen LogP contribution < -0.4 is 9.80 Å². The highest BCUT2D eigenvalue weighted by Crippen LogP contribution is 2.48. The standard InChI is InChI=1S/C56H48N2O/c1-55(2)36-37-56(3,4)50-38-47(34-35-49(50)55)57(43-14-7-5-8-15-43)45-30-26-41(27-31-45)39-22-24-40(25-23-39)42-28-32-46(33-29-42)58(44-16-9-6-10-17-44)51-19-13-21-53-54(51)48-18-11-12-20-52(48)59-53/h5-35,38H,36-37H2,1-4H3. The molecule has 0 unspecified atom stereocenters. The number of fused-ring (bicyclic) bond motifs is 4. The normalized spacial score (nSPS) is 14.2. The molecule has 0 amide bonds. The Kier molecular flexibility index (Phi) is 8.98. The van der Waals surface area contributed by atoms with E-state index in [1.54, 1.807) is 0 Å². The lowest BCUT2D eigenvalue weighted by atomic mass is 9.63. The van der Waals surface area contributed by atoms with Gasteiger partial charge in [0.25, 0.3) is 0 Å². The minimum absolute atomic E-state index is 0.134. The first kappa shape index (κ1) is 36.5. The molecule has 0 aliphatic heterocycles. The van der Waals surface area contributed by atoms with E-state index in [1.165, 1.54) is 51.9 Å². The number of nitrogens with zero attached hydrogens (tertiary/aromatic N) is 2. The van der Waals surface area contributed by atoms with Crippen LogP contribution in [0.5, 0.6) is 0 Å². The van der Waals surface area contributed by atoms with Gasteiger partial charge in [-0.3, -0.25) is 0 Å². The molecule has 59 heavy (non-hydrogen) atoms.